The Bertz CT molecular complexity index is 569. The Labute approximate surface area is 129 Å². The molecule has 20 heavy (non-hydrogen) atoms. The molecule has 1 aromatic heterocycles. The molecular formula is C15H19ClN2OS. The van der Waals surface area contributed by atoms with E-state index in [0.717, 1.165) is 34.3 Å². The van der Waals surface area contributed by atoms with Crippen molar-refractivity contribution in [3.63, 3.8) is 0 Å². The van der Waals surface area contributed by atoms with Crippen LogP contribution in [-0.2, 0) is 6.54 Å². The number of rotatable bonds is 6. The largest absolute Gasteiger partial charge is 0.439 e. The Morgan fingerprint density at radius 2 is 2.20 bits per heavy atom. The number of halogens is 1. The number of benzene rings is 1. The van der Waals surface area contributed by atoms with Crippen molar-refractivity contribution in [2.45, 2.75) is 37.4 Å². The molecule has 1 aromatic carbocycles. The average molecular weight is 311 g/mol. The first-order chi connectivity index (χ1) is 9.56. The normalized spacial score (nSPS) is 11.2. The highest BCUT2D eigenvalue weighted by atomic mass is 35.5. The summed E-state index contributed by atoms with van der Waals surface area (Å²) in [5.74, 6) is 0.614. The molecule has 0 aliphatic heterocycles. The molecule has 0 atom stereocenters. The monoisotopic (exact) mass is 310 g/mol. The van der Waals surface area contributed by atoms with E-state index in [2.05, 4.69) is 24.1 Å². The van der Waals surface area contributed by atoms with Gasteiger partial charge in [-0.3, -0.25) is 0 Å². The zero-order valence-electron chi connectivity index (χ0n) is 11.9. The quantitative estimate of drug-likeness (QED) is 0.850. The summed E-state index contributed by atoms with van der Waals surface area (Å²) in [7, 11) is 0. The van der Waals surface area contributed by atoms with E-state index >= 15 is 0 Å². The molecule has 0 bridgehead atoms. The summed E-state index contributed by atoms with van der Waals surface area (Å²) in [4.78, 5) is 5.40. The van der Waals surface area contributed by atoms with E-state index in [0.29, 0.717) is 11.1 Å². The molecule has 0 fully saturated rings. The lowest BCUT2D eigenvalue weighted by molar-refractivity contribution is 0.454. The van der Waals surface area contributed by atoms with E-state index in [1.54, 1.807) is 6.26 Å². The van der Waals surface area contributed by atoms with Gasteiger partial charge in [-0.2, -0.15) is 0 Å². The summed E-state index contributed by atoms with van der Waals surface area (Å²) >= 11 is 7.82. The van der Waals surface area contributed by atoms with Gasteiger partial charge in [-0.05, 0) is 48.8 Å². The molecule has 0 saturated heterocycles. The third-order valence-corrected chi connectivity index (χ3v) is 4.04. The van der Waals surface area contributed by atoms with Gasteiger partial charge < -0.3 is 9.73 Å². The zero-order valence-corrected chi connectivity index (χ0v) is 13.5. The number of oxazole rings is 1. The lowest BCUT2D eigenvalue weighted by Gasteiger charge is -2.12. The van der Waals surface area contributed by atoms with Crippen LogP contribution in [0.15, 0.2) is 39.0 Å². The third-order valence-electron chi connectivity index (χ3n) is 2.73. The number of hydrogen-bond donors (Lipinski definition) is 1. The Balaban J connectivity index is 2.13. The zero-order chi connectivity index (χ0) is 14.5. The molecule has 2 rings (SSSR count). The van der Waals surface area contributed by atoms with E-state index in [1.807, 2.05) is 25.1 Å². The van der Waals surface area contributed by atoms with Gasteiger partial charge in [0.15, 0.2) is 0 Å². The summed E-state index contributed by atoms with van der Waals surface area (Å²) in [6, 6.07) is 5.91. The van der Waals surface area contributed by atoms with Gasteiger partial charge in [0.05, 0.1) is 5.69 Å². The van der Waals surface area contributed by atoms with Crippen molar-refractivity contribution in [2.24, 2.45) is 5.92 Å². The molecule has 1 N–H and O–H groups in total. The van der Waals surface area contributed by atoms with E-state index < -0.39 is 0 Å². The van der Waals surface area contributed by atoms with E-state index in [-0.39, 0.29) is 0 Å². The first-order valence-corrected chi connectivity index (χ1v) is 7.84. The number of nitrogens with one attached hydrogen (secondary N) is 1. The Hall–Kier alpha value is -0.970. The molecule has 2 aromatic rings. The van der Waals surface area contributed by atoms with Gasteiger partial charge in [-0.1, -0.05) is 31.5 Å². The van der Waals surface area contributed by atoms with E-state index in [1.165, 1.54) is 11.8 Å². The molecule has 0 aliphatic carbocycles. The molecule has 0 amide bonds. The van der Waals surface area contributed by atoms with Crippen LogP contribution in [0.2, 0.25) is 5.02 Å². The SMILES string of the molecule is Cc1coc(Sc2cccc(Cl)c2CNCC(C)C)n1. The number of nitrogens with zero attached hydrogens (tertiary/aromatic N) is 1. The maximum atomic E-state index is 6.31. The van der Waals surface area contributed by atoms with Gasteiger partial charge in [0, 0.05) is 16.5 Å². The molecule has 108 valence electrons. The van der Waals surface area contributed by atoms with Crippen molar-refractivity contribution in [1.29, 1.82) is 0 Å². The van der Waals surface area contributed by atoms with Crippen LogP contribution in [-0.4, -0.2) is 11.5 Å². The van der Waals surface area contributed by atoms with Crippen molar-refractivity contribution >= 4 is 23.4 Å². The van der Waals surface area contributed by atoms with Crippen LogP contribution >= 0.6 is 23.4 Å². The molecule has 0 unspecified atom stereocenters. The van der Waals surface area contributed by atoms with Crippen LogP contribution < -0.4 is 5.32 Å². The maximum Gasteiger partial charge on any atom is 0.260 e. The minimum Gasteiger partial charge on any atom is -0.439 e. The Kier molecular flexibility index (Phi) is 5.52. The highest BCUT2D eigenvalue weighted by Crippen LogP contribution is 2.33. The van der Waals surface area contributed by atoms with Gasteiger partial charge in [0.1, 0.15) is 6.26 Å². The van der Waals surface area contributed by atoms with Gasteiger partial charge in [-0.15, -0.1) is 0 Å². The third kappa shape index (κ3) is 4.27. The van der Waals surface area contributed by atoms with Crippen molar-refractivity contribution in [3.8, 4) is 0 Å². The van der Waals surface area contributed by atoms with E-state index in [9.17, 15) is 0 Å². The van der Waals surface area contributed by atoms with Gasteiger partial charge >= 0.3 is 0 Å². The van der Waals surface area contributed by atoms with E-state index in [4.69, 9.17) is 16.0 Å². The molecule has 3 nitrogen and oxygen atoms in total. The predicted molar refractivity (Wildman–Crippen MR) is 83.4 cm³/mol. The van der Waals surface area contributed by atoms with Crippen LogP contribution in [0.5, 0.6) is 0 Å². The van der Waals surface area contributed by atoms with Crippen molar-refractivity contribution in [1.82, 2.24) is 10.3 Å². The summed E-state index contributed by atoms with van der Waals surface area (Å²) in [5.41, 5.74) is 1.98. The highest BCUT2D eigenvalue weighted by Gasteiger charge is 2.11. The van der Waals surface area contributed by atoms with Gasteiger partial charge in [0.2, 0.25) is 0 Å². The molecule has 0 aliphatic rings. The van der Waals surface area contributed by atoms with Crippen LogP contribution in [0.3, 0.4) is 0 Å². The van der Waals surface area contributed by atoms with Gasteiger partial charge in [-0.25, -0.2) is 4.98 Å². The van der Waals surface area contributed by atoms with Crippen LogP contribution in [0.4, 0.5) is 0 Å². The topological polar surface area (TPSA) is 38.1 Å². The lowest BCUT2D eigenvalue weighted by Crippen LogP contribution is -2.19. The number of aryl methyl sites for hydroxylation is 1. The summed E-state index contributed by atoms with van der Waals surface area (Å²) in [6.07, 6.45) is 1.66. The molecule has 0 spiro atoms. The van der Waals surface area contributed by atoms with Crippen LogP contribution in [0.25, 0.3) is 0 Å². The Morgan fingerprint density at radius 1 is 1.40 bits per heavy atom. The minimum absolute atomic E-state index is 0.614. The number of hydrogen-bond acceptors (Lipinski definition) is 4. The first kappa shape index (κ1) is 15.4. The van der Waals surface area contributed by atoms with Crippen molar-refractivity contribution in [3.05, 3.63) is 40.7 Å². The predicted octanol–water partition coefficient (Wildman–Crippen LogP) is 4.53. The minimum atomic E-state index is 0.614. The lowest BCUT2D eigenvalue weighted by atomic mass is 10.2. The fourth-order valence-corrected chi connectivity index (χ4v) is 2.99. The Morgan fingerprint density at radius 3 is 2.85 bits per heavy atom. The van der Waals surface area contributed by atoms with Crippen LogP contribution in [0, 0.1) is 12.8 Å². The van der Waals surface area contributed by atoms with Gasteiger partial charge in [0.25, 0.3) is 5.22 Å². The summed E-state index contributed by atoms with van der Waals surface area (Å²) in [5, 5.41) is 4.85. The summed E-state index contributed by atoms with van der Waals surface area (Å²) < 4.78 is 5.39. The highest BCUT2D eigenvalue weighted by molar-refractivity contribution is 7.99. The maximum absolute atomic E-state index is 6.31. The first-order valence-electron chi connectivity index (χ1n) is 6.64. The van der Waals surface area contributed by atoms with Crippen LogP contribution in [0.1, 0.15) is 25.1 Å². The molecule has 1 heterocycles. The average Bonchev–Trinajstić information content (AvgIpc) is 2.78. The molecule has 0 saturated carbocycles. The van der Waals surface area contributed by atoms with Crippen molar-refractivity contribution in [2.75, 3.05) is 6.54 Å². The fourth-order valence-electron chi connectivity index (χ4n) is 1.77. The smallest absolute Gasteiger partial charge is 0.260 e. The fraction of sp³-hybridized carbons (Fsp3) is 0.400. The number of aromatic nitrogens is 1. The second-order valence-electron chi connectivity index (χ2n) is 5.10. The second-order valence-corrected chi connectivity index (χ2v) is 6.50. The molecule has 0 radical (unpaired) electrons. The standard InChI is InChI=1S/C15H19ClN2OS/c1-10(2)7-17-8-12-13(16)5-4-6-14(12)20-15-18-11(3)9-19-15/h4-6,9-10,17H,7-8H2,1-3H3. The van der Waals surface area contributed by atoms with Crippen molar-refractivity contribution < 1.29 is 4.42 Å². The molecule has 5 heteroatoms. The second kappa shape index (κ2) is 7.16. The molecular weight excluding hydrogens is 292 g/mol. The summed E-state index contributed by atoms with van der Waals surface area (Å²) in [6.45, 7) is 8.00.